The van der Waals surface area contributed by atoms with Crippen LogP contribution in [-0.2, 0) is 17.8 Å². The molecule has 2 amide bonds. The molecule has 1 aromatic heterocycles. The van der Waals surface area contributed by atoms with Crippen molar-refractivity contribution in [3.8, 4) is 0 Å². The summed E-state index contributed by atoms with van der Waals surface area (Å²) in [5.74, 6) is 2.18. The molecule has 3 atom stereocenters. The first-order chi connectivity index (χ1) is 10.2. The number of hydrazine groups is 1. The van der Waals surface area contributed by atoms with E-state index in [1.54, 1.807) is 6.20 Å². The van der Waals surface area contributed by atoms with Gasteiger partial charge in [-0.15, -0.1) is 0 Å². The lowest BCUT2D eigenvalue weighted by Gasteiger charge is -2.12. The van der Waals surface area contributed by atoms with Crippen LogP contribution in [0.2, 0.25) is 0 Å². The molecular weight excluding hydrogens is 268 g/mol. The van der Waals surface area contributed by atoms with E-state index in [9.17, 15) is 9.59 Å². The fourth-order valence-corrected chi connectivity index (χ4v) is 3.74. The molecule has 2 fully saturated rings. The molecule has 0 radical (unpaired) electrons. The molecule has 4 rings (SSSR count). The van der Waals surface area contributed by atoms with E-state index < -0.39 is 0 Å². The van der Waals surface area contributed by atoms with Crippen LogP contribution in [0.25, 0.3) is 0 Å². The fourth-order valence-electron chi connectivity index (χ4n) is 3.74. The summed E-state index contributed by atoms with van der Waals surface area (Å²) in [7, 11) is 0. The second-order valence-corrected chi connectivity index (χ2v) is 6.56. The summed E-state index contributed by atoms with van der Waals surface area (Å²) in [6, 6.07) is 0. The van der Waals surface area contributed by atoms with Crippen LogP contribution in [0.1, 0.15) is 48.4 Å². The standard InChI is InChI=1S/C15H20N4O2/c20-14(11-6-9-5-10(9)7-11)17-18-15(21)12-8-19-4-2-1-3-13(19)16-12/h8-11H,1-7H2,(H,17,20)(H,18,21)/t9-,10+,11?. The van der Waals surface area contributed by atoms with Crippen LogP contribution in [0.4, 0.5) is 0 Å². The van der Waals surface area contributed by atoms with E-state index in [0.717, 1.165) is 56.3 Å². The number of nitrogens with zero attached hydrogens (tertiary/aromatic N) is 2. The summed E-state index contributed by atoms with van der Waals surface area (Å²) >= 11 is 0. The molecule has 112 valence electrons. The van der Waals surface area contributed by atoms with Gasteiger partial charge in [0.05, 0.1) is 0 Å². The Morgan fingerprint density at radius 3 is 2.71 bits per heavy atom. The summed E-state index contributed by atoms with van der Waals surface area (Å²) in [5.41, 5.74) is 5.45. The van der Waals surface area contributed by atoms with Gasteiger partial charge in [0.1, 0.15) is 11.5 Å². The third kappa shape index (κ3) is 2.43. The van der Waals surface area contributed by atoms with Crippen molar-refractivity contribution < 1.29 is 9.59 Å². The Kier molecular flexibility index (Phi) is 2.97. The normalized spacial score (nSPS) is 29.4. The molecule has 0 bridgehead atoms. The molecule has 1 unspecified atom stereocenters. The van der Waals surface area contributed by atoms with Gasteiger partial charge in [-0.3, -0.25) is 20.4 Å². The van der Waals surface area contributed by atoms with Crippen LogP contribution in [0.15, 0.2) is 6.20 Å². The molecule has 1 aliphatic heterocycles. The molecule has 0 saturated heterocycles. The third-order valence-corrected chi connectivity index (χ3v) is 5.05. The van der Waals surface area contributed by atoms with Crippen molar-refractivity contribution >= 4 is 11.8 Å². The second-order valence-electron chi connectivity index (χ2n) is 6.56. The van der Waals surface area contributed by atoms with E-state index in [-0.39, 0.29) is 17.7 Å². The molecule has 2 N–H and O–H groups in total. The molecule has 1 aromatic rings. The average Bonchev–Trinajstić information content (AvgIpc) is 2.93. The number of carbonyl (C=O) groups is 2. The number of fused-ring (bicyclic) bond motifs is 2. The van der Waals surface area contributed by atoms with E-state index >= 15 is 0 Å². The van der Waals surface area contributed by atoms with Gasteiger partial charge in [-0.05, 0) is 43.9 Å². The van der Waals surface area contributed by atoms with Crippen LogP contribution in [0, 0.1) is 17.8 Å². The molecule has 2 aliphatic carbocycles. The van der Waals surface area contributed by atoms with E-state index in [4.69, 9.17) is 0 Å². The number of carbonyl (C=O) groups excluding carboxylic acids is 2. The number of imidazole rings is 1. The lowest BCUT2D eigenvalue weighted by Crippen LogP contribution is -2.44. The van der Waals surface area contributed by atoms with E-state index in [0.29, 0.717) is 5.69 Å². The van der Waals surface area contributed by atoms with Gasteiger partial charge in [-0.2, -0.15) is 0 Å². The maximum absolute atomic E-state index is 12.1. The van der Waals surface area contributed by atoms with Gasteiger partial charge in [0.25, 0.3) is 5.91 Å². The van der Waals surface area contributed by atoms with Crippen molar-refractivity contribution in [2.24, 2.45) is 17.8 Å². The molecule has 3 aliphatic rings. The van der Waals surface area contributed by atoms with Crippen molar-refractivity contribution in [1.29, 1.82) is 0 Å². The molecule has 21 heavy (non-hydrogen) atoms. The number of rotatable bonds is 2. The third-order valence-electron chi connectivity index (χ3n) is 5.05. The first kappa shape index (κ1) is 12.9. The number of hydrogen-bond donors (Lipinski definition) is 2. The number of nitrogens with one attached hydrogen (secondary N) is 2. The maximum Gasteiger partial charge on any atom is 0.289 e. The lowest BCUT2D eigenvalue weighted by molar-refractivity contribution is -0.125. The van der Waals surface area contributed by atoms with Gasteiger partial charge in [0, 0.05) is 25.1 Å². The lowest BCUT2D eigenvalue weighted by atomic mass is 10.0. The summed E-state index contributed by atoms with van der Waals surface area (Å²) in [5, 5.41) is 0. The van der Waals surface area contributed by atoms with Crippen molar-refractivity contribution in [2.45, 2.75) is 45.1 Å². The smallest absolute Gasteiger partial charge is 0.289 e. The second kappa shape index (κ2) is 4.86. The SMILES string of the molecule is O=C(NNC(=O)C1C[C@@H]2C[C@@H]2C1)c1cn2c(n1)CCCC2. The van der Waals surface area contributed by atoms with Crippen LogP contribution in [0.3, 0.4) is 0 Å². The monoisotopic (exact) mass is 288 g/mol. The molecular formula is C15H20N4O2. The molecule has 6 heteroatoms. The Hall–Kier alpha value is -1.85. The first-order valence-electron chi connectivity index (χ1n) is 7.87. The van der Waals surface area contributed by atoms with E-state index in [2.05, 4.69) is 15.8 Å². The van der Waals surface area contributed by atoms with Crippen molar-refractivity contribution in [3.05, 3.63) is 17.7 Å². The van der Waals surface area contributed by atoms with Crippen LogP contribution >= 0.6 is 0 Å². The average molecular weight is 288 g/mol. The zero-order chi connectivity index (χ0) is 14.4. The van der Waals surface area contributed by atoms with Gasteiger partial charge in [-0.25, -0.2) is 4.98 Å². The highest BCUT2D eigenvalue weighted by molar-refractivity contribution is 5.93. The van der Waals surface area contributed by atoms with Crippen LogP contribution in [-0.4, -0.2) is 21.4 Å². The van der Waals surface area contributed by atoms with Gasteiger partial charge >= 0.3 is 0 Å². The summed E-state index contributed by atoms with van der Waals surface area (Å²) in [6.45, 7) is 0.923. The van der Waals surface area contributed by atoms with Crippen molar-refractivity contribution in [3.63, 3.8) is 0 Å². The summed E-state index contributed by atoms with van der Waals surface area (Å²) in [4.78, 5) is 28.4. The van der Waals surface area contributed by atoms with Gasteiger partial charge in [0.2, 0.25) is 5.91 Å². The Balaban J connectivity index is 1.33. The topological polar surface area (TPSA) is 76.0 Å². The predicted molar refractivity (Wildman–Crippen MR) is 75.1 cm³/mol. The highest BCUT2D eigenvalue weighted by Crippen LogP contribution is 2.54. The fraction of sp³-hybridized carbons (Fsp3) is 0.667. The number of aryl methyl sites for hydroxylation is 2. The van der Waals surface area contributed by atoms with E-state index in [1.165, 1.54) is 6.42 Å². The predicted octanol–water partition coefficient (Wildman–Crippen LogP) is 1.03. The van der Waals surface area contributed by atoms with Crippen LogP contribution in [0.5, 0.6) is 0 Å². The van der Waals surface area contributed by atoms with Crippen molar-refractivity contribution in [2.75, 3.05) is 0 Å². The molecule has 0 aromatic carbocycles. The van der Waals surface area contributed by atoms with Gasteiger partial charge < -0.3 is 4.57 Å². The number of amides is 2. The minimum absolute atomic E-state index is 0.0560. The minimum Gasteiger partial charge on any atom is -0.334 e. The largest absolute Gasteiger partial charge is 0.334 e. The zero-order valence-electron chi connectivity index (χ0n) is 12.0. The Morgan fingerprint density at radius 2 is 1.95 bits per heavy atom. The molecule has 0 spiro atoms. The van der Waals surface area contributed by atoms with Crippen LogP contribution < -0.4 is 10.9 Å². The highest BCUT2D eigenvalue weighted by atomic mass is 16.2. The van der Waals surface area contributed by atoms with Gasteiger partial charge in [0.15, 0.2) is 0 Å². The molecule has 2 heterocycles. The van der Waals surface area contributed by atoms with Gasteiger partial charge in [-0.1, -0.05) is 0 Å². The zero-order valence-corrected chi connectivity index (χ0v) is 12.0. The number of aromatic nitrogens is 2. The number of hydrogen-bond acceptors (Lipinski definition) is 3. The highest BCUT2D eigenvalue weighted by Gasteiger charge is 2.48. The summed E-state index contributed by atoms with van der Waals surface area (Å²) in [6.07, 6.45) is 8.20. The minimum atomic E-state index is -0.326. The molecule has 6 nitrogen and oxygen atoms in total. The first-order valence-corrected chi connectivity index (χ1v) is 7.87. The maximum atomic E-state index is 12.1. The summed E-state index contributed by atoms with van der Waals surface area (Å²) < 4.78 is 2.03. The Bertz CT molecular complexity index is 561. The Labute approximate surface area is 123 Å². The quantitative estimate of drug-likeness (QED) is 0.798. The molecule has 2 saturated carbocycles. The van der Waals surface area contributed by atoms with Crippen molar-refractivity contribution in [1.82, 2.24) is 20.4 Å². The van der Waals surface area contributed by atoms with E-state index in [1.807, 2.05) is 4.57 Å². The Morgan fingerprint density at radius 1 is 1.14 bits per heavy atom.